The summed E-state index contributed by atoms with van der Waals surface area (Å²) in [6.45, 7) is -0.340. The molecule has 1 amide bonds. The summed E-state index contributed by atoms with van der Waals surface area (Å²) in [6, 6.07) is 13.8. The van der Waals surface area contributed by atoms with E-state index in [2.05, 4.69) is 0 Å². The second-order valence-corrected chi connectivity index (χ2v) is 8.07. The van der Waals surface area contributed by atoms with Crippen molar-refractivity contribution in [2.45, 2.75) is 19.3 Å². The van der Waals surface area contributed by atoms with Crippen LogP contribution in [0.1, 0.15) is 40.0 Å². The molecule has 0 aliphatic heterocycles. The summed E-state index contributed by atoms with van der Waals surface area (Å²) in [5.41, 5.74) is 4.15. The fourth-order valence-electron chi connectivity index (χ4n) is 3.97. The van der Waals surface area contributed by atoms with Gasteiger partial charge in [-0.05, 0) is 48.1 Å². The number of nitro groups is 1. The molecule has 4 rings (SSSR count). The van der Waals surface area contributed by atoms with Crippen LogP contribution in [0.2, 0.25) is 0 Å². The van der Waals surface area contributed by atoms with E-state index in [1.165, 1.54) is 17.0 Å². The third kappa shape index (κ3) is 4.59. The highest BCUT2D eigenvalue weighted by Crippen LogP contribution is 2.36. The smallest absolute Gasteiger partial charge is 0.339 e. The lowest BCUT2D eigenvalue weighted by Crippen LogP contribution is -2.28. The van der Waals surface area contributed by atoms with E-state index >= 15 is 0 Å². The number of likely N-dealkylation sites (N-methyl/N-ethyl adjacent to an activating group) is 1. The Kier molecular flexibility index (Phi) is 6.17. The van der Waals surface area contributed by atoms with Gasteiger partial charge < -0.3 is 9.64 Å². The third-order valence-corrected chi connectivity index (χ3v) is 5.62. The van der Waals surface area contributed by atoms with Crippen molar-refractivity contribution in [2.75, 3.05) is 20.7 Å². The van der Waals surface area contributed by atoms with Crippen molar-refractivity contribution >= 4 is 40.1 Å². The summed E-state index contributed by atoms with van der Waals surface area (Å²) in [7, 11) is 3.20. The van der Waals surface area contributed by atoms with Crippen molar-refractivity contribution in [3.05, 3.63) is 81.0 Å². The van der Waals surface area contributed by atoms with Crippen LogP contribution in [0.15, 0.2) is 48.5 Å². The van der Waals surface area contributed by atoms with E-state index < -0.39 is 10.9 Å². The van der Waals surface area contributed by atoms with Crippen LogP contribution in [-0.2, 0) is 16.0 Å². The number of esters is 1. The molecule has 0 saturated carbocycles. The van der Waals surface area contributed by atoms with Gasteiger partial charge in [-0.15, -0.1) is 0 Å². The van der Waals surface area contributed by atoms with Gasteiger partial charge >= 0.3 is 5.97 Å². The normalized spacial score (nSPS) is 14.1. The number of amides is 1. The van der Waals surface area contributed by atoms with Crippen LogP contribution in [0.3, 0.4) is 0 Å². The second kappa shape index (κ2) is 9.20. The minimum absolute atomic E-state index is 0.0154. The summed E-state index contributed by atoms with van der Waals surface area (Å²) in [5, 5.41) is 11.8. The highest BCUT2D eigenvalue weighted by molar-refractivity contribution is 6.07. The fraction of sp³-hybridized carbons (Fsp3) is 0.240. The first-order valence-corrected chi connectivity index (χ1v) is 10.6. The van der Waals surface area contributed by atoms with Gasteiger partial charge in [0, 0.05) is 31.6 Å². The second-order valence-electron chi connectivity index (χ2n) is 8.07. The van der Waals surface area contributed by atoms with Gasteiger partial charge in [-0.3, -0.25) is 14.9 Å². The van der Waals surface area contributed by atoms with Crippen molar-refractivity contribution in [2.24, 2.45) is 0 Å². The van der Waals surface area contributed by atoms with E-state index in [4.69, 9.17) is 9.72 Å². The Morgan fingerprint density at radius 1 is 1.15 bits per heavy atom. The fourth-order valence-corrected chi connectivity index (χ4v) is 3.97. The summed E-state index contributed by atoms with van der Waals surface area (Å²) in [4.78, 5) is 42.0. The predicted octanol–water partition coefficient (Wildman–Crippen LogP) is 4.26. The molecule has 8 nitrogen and oxygen atoms in total. The molecular formula is C25H23N3O5. The lowest BCUT2D eigenvalue weighted by molar-refractivity contribution is -0.384. The number of pyridine rings is 1. The molecule has 0 atom stereocenters. The summed E-state index contributed by atoms with van der Waals surface area (Å²) in [5.74, 6) is -0.863. The first-order chi connectivity index (χ1) is 15.8. The topological polar surface area (TPSA) is 103 Å². The zero-order valence-electron chi connectivity index (χ0n) is 18.4. The molecular weight excluding hydrogens is 422 g/mol. The maximum Gasteiger partial charge on any atom is 0.339 e. The quantitative estimate of drug-likeness (QED) is 0.330. The van der Waals surface area contributed by atoms with Crippen LogP contribution >= 0.6 is 0 Å². The number of benzene rings is 2. The Morgan fingerprint density at radius 2 is 1.94 bits per heavy atom. The molecule has 0 saturated heterocycles. The van der Waals surface area contributed by atoms with E-state index in [0.29, 0.717) is 34.1 Å². The van der Waals surface area contributed by atoms with Gasteiger partial charge in [0.05, 0.1) is 21.7 Å². The van der Waals surface area contributed by atoms with Gasteiger partial charge in [0.15, 0.2) is 6.61 Å². The molecule has 2 aromatic carbocycles. The van der Waals surface area contributed by atoms with Crippen LogP contribution < -0.4 is 0 Å². The van der Waals surface area contributed by atoms with E-state index in [1.54, 1.807) is 26.2 Å². The number of carbonyl (C=O) groups is 2. The molecule has 33 heavy (non-hydrogen) atoms. The SMILES string of the molecule is CN(C)C(=O)COC(=O)c1c2c(nc3ccccc13)/C(=C/c1cccc([N+](=O)[O-])c1)CCC2. The Morgan fingerprint density at radius 3 is 2.70 bits per heavy atom. The Balaban J connectivity index is 1.81. The summed E-state index contributed by atoms with van der Waals surface area (Å²) >= 11 is 0. The molecule has 0 bridgehead atoms. The minimum atomic E-state index is -0.559. The number of aromatic nitrogens is 1. The van der Waals surface area contributed by atoms with Crippen molar-refractivity contribution in [3.63, 3.8) is 0 Å². The molecule has 0 radical (unpaired) electrons. The van der Waals surface area contributed by atoms with E-state index in [9.17, 15) is 19.7 Å². The Labute approximate surface area is 190 Å². The maximum atomic E-state index is 13.1. The first-order valence-electron chi connectivity index (χ1n) is 10.6. The molecule has 1 aliphatic rings. The van der Waals surface area contributed by atoms with Crippen LogP contribution in [0.5, 0.6) is 0 Å². The maximum absolute atomic E-state index is 13.1. The van der Waals surface area contributed by atoms with Crippen molar-refractivity contribution in [3.8, 4) is 0 Å². The van der Waals surface area contributed by atoms with Crippen molar-refractivity contribution < 1.29 is 19.2 Å². The van der Waals surface area contributed by atoms with E-state index in [1.807, 2.05) is 30.3 Å². The Hall–Kier alpha value is -4.07. The lowest BCUT2D eigenvalue weighted by atomic mass is 9.86. The zero-order valence-corrected chi connectivity index (χ0v) is 18.4. The van der Waals surface area contributed by atoms with E-state index in [0.717, 1.165) is 24.0 Å². The molecule has 8 heteroatoms. The van der Waals surface area contributed by atoms with Crippen LogP contribution in [0.4, 0.5) is 5.69 Å². The number of allylic oxidation sites excluding steroid dienone is 1. The molecule has 0 spiro atoms. The number of non-ortho nitro benzene ring substituents is 1. The van der Waals surface area contributed by atoms with Gasteiger partial charge in [-0.25, -0.2) is 9.78 Å². The number of nitro benzene ring substituents is 1. The number of fused-ring (bicyclic) bond motifs is 2. The van der Waals surface area contributed by atoms with E-state index in [-0.39, 0.29) is 18.2 Å². The van der Waals surface area contributed by atoms with Crippen LogP contribution in [0.25, 0.3) is 22.6 Å². The number of carbonyl (C=O) groups excluding carboxylic acids is 2. The number of para-hydroxylation sites is 1. The first kappa shape index (κ1) is 22.1. The average Bonchev–Trinajstić information content (AvgIpc) is 2.81. The molecule has 1 heterocycles. The molecule has 0 fully saturated rings. The van der Waals surface area contributed by atoms with Crippen LogP contribution in [-0.4, -0.2) is 47.4 Å². The minimum Gasteiger partial charge on any atom is -0.452 e. The molecule has 0 N–H and O–H groups in total. The predicted molar refractivity (Wildman–Crippen MR) is 125 cm³/mol. The number of hydrogen-bond donors (Lipinski definition) is 0. The molecule has 168 valence electrons. The Bertz CT molecular complexity index is 1300. The number of nitrogens with zero attached hydrogens (tertiary/aromatic N) is 3. The third-order valence-electron chi connectivity index (χ3n) is 5.62. The molecule has 1 aliphatic carbocycles. The van der Waals surface area contributed by atoms with Gasteiger partial charge in [0.1, 0.15) is 0 Å². The average molecular weight is 445 g/mol. The highest BCUT2D eigenvalue weighted by Gasteiger charge is 2.26. The molecule has 0 unspecified atom stereocenters. The molecule has 3 aromatic rings. The van der Waals surface area contributed by atoms with Crippen molar-refractivity contribution in [1.29, 1.82) is 0 Å². The number of hydrogen-bond acceptors (Lipinski definition) is 6. The summed E-state index contributed by atoms with van der Waals surface area (Å²) in [6.07, 6.45) is 4.06. The highest BCUT2D eigenvalue weighted by atomic mass is 16.6. The lowest BCUT2D eigenvalue weighted by Gasteiger charge is -2.22. The molecule has 1 aromatic heterocycles. The number of rotatable bonds is 5. The largest absolute Gasteiger partial charge is 0.452 e. The van der Waals surface area contributed by atoms with Crippen LogP contribution in [0, 0.1) is 10.1 Å². The number of ether oxygens (including phenoxy) is 1. The van der Waals surface area contributed by atoms with Gasteiger partial charge in [0.25, 0.3) is 11.6 Å². The van der Waals surface area contributed by atoms with Gasteiger partial charge in [-0.1, -0.05) is 30.3 Å². The standard InChI is InChI=1S/C25H23N3O5/c1-27(2)22(29)15-33-25(30)23-19-10-3-4-12-21(19)26-24-17(8-6-11-20(23)24)13-16-7-5-9-18(14-16)28(31)32/h3-5,7,9-10,12-14H,6,8,11,15H2,1-2H3/b17-13+. The van der Waals surface area contributed by atoms with Gasteiger partial charge in [-0.2, -0.15) is 0 Å². The monoisotopic (exact) mass is 445 g/mol. The van der Waals surface area contributed by atoms with Crippen molar-refractivity contribution in [1.82, 2.24) is 9.88 Å². The van der Waals surface area contributed by atoms with Gasteiger partial charge in [0.2, 0.25) is 0 Å². The zero-order chi connectivity index (χ0) is 23.5. The summed E-state index contributed by atoms with van der Waals surface area (Å²) < 4.78 is 5.37.